The predicted octanol–water partition coefficient (Wildman–Crippen LogP) is 2.74. The molecule has 1 amide bonds. The minimum absolute atomic E-state index is 0.121. The summed E-state index contributed by atoms with van der Waals surface area (Å²) >= 11 is 6.06. The van der Waals surface area contributed by atoms with Crippen molar-refractivity contribution in [3.05, 3.63) is 46.7 Å². The maximum Gasteiger partial charge on any atom is 0.274 e. The predicted molar refractivity (Wildman–Crippen MR) is 97.2 cm³/mol. The Labute approximate surface area is 152 Å². The van der Waals surface area contributed by atoms with Gasteiger partial charge in [-0.1, -0.05) is 11.6 Å². The van der Waals surface area contributed by atoms with E-state index in [1.54, 1.807) is 37.3 Å². The van der Waals surface area contributed by atoms with Crippen LogP contribution in [0, 0.1) is 0 Å². The van der Waals surface area contributed by atoms with E-state index in [0.717, 1.165) is 31.5 Å². The number of carbonyl (C=O) groups excluding carboxylic acids is 1. The van der Waals surface area contributed by atoms with Gasteiger partial charge in [0.1, 0.15) is 11.4 Å². The second-order valence-corrected chi connectivity index (χ2v) is 6.73. The number of piperidine rings is 1. The number of halogens is 1. The van der Waals surface area contributed by atoms with Crippen LogP contribution in [0.1, 0.15) is 34.9 Å². The number of aromatic nitrogens is 2. The molecule has 0 saturated carbocycles. The fourth-order valence-electron chi connectivity index (χ4n) is 3.11. The minimum atomic E-state index is -0.121. The molecule has 0 aliphatic carbocycles. The smallest absolute Gasteiger partial charge is 0.274 e. The zero-order valence-corrected chi connectivity index (χ0v) is 15.3. The van der Waals surface area contributed by atoms with Gasteiger partial charge in [-0.3, -0.25) is 9.48 Å². The third-order valence-electron chi connectivity index (χ3n) is 4.47. The first-order valence-electron chi connectivity index (χ1n) is 8.42. The maximum atomic E-state index is 12.7. The van der Waals surface area contributed by atoms with Crippen molar-refractivity contribution in [2.45, 2.75) is 25.4 Å². The Hall–Kier alpha value is -2.05. The van der Waals surface area contributed by atoms with Gasteiger partial charge in [-0.2, -0.15) is 5.10 Å². The van der Waals surface area contributed by atoms with E-state index in [0.29, 0.717) is 29.1 Å². The van der Waals surface area contributed by atoms with Crippen molar-refractivity contribution in [3.8, 4) is 5.75 Å². The van der Waals surface area contributed by atoms with Crippen molar-refractivity contribution in [3.63, 3.8) is 0 Å². The number of ether oxygens (including phenoxy) is 1. The SMILES string of the molecule is COc1ccc(Cl)cc1CN(C)C(=O)c1ccn(C2CCCNC2)n1. The van der Waals surface area contributed by atoms with Crippen LogP contribution in [0.2, 0.25) is 5.02 Å². The fourth-order valence-corrected chi connectivity index (χ4v) is 3.30. The van der Waals surface area contributed by atoms with Gasteiger partial charge in [-0.25, -0.2) is 0 Å². The van der Waals surface area contributed by atoms with E-state index in [2.05, 4.69) is 10.4 Å². The van der Waals surface area contributed by atoms with Gasteiger partial charge in [0.05, 0.1) is 13.2 Å². The van der Waals surface area contributed by atoms with Gasteiger partial charge >= 0.3 is 0 Å². The molecule has 2 aromatic rings. The van der Waals surface area contributed by atoms with Crippen molar-refractivity contribution in [2.75, 3.05) is 27.2 Å². The quantitative estimate of drug-likeness (QED) is 0.888. The van der Waals surface area contributed by atoms with E-state index in [1.807, 2.05) is 16.9 Å². The van der Waals surface area contributed by atoms with Crippen LogP contribution < -0.4 is 10.1 Å². The van der Waals surface area contributed by atoms with E-state index in [1.165, 1.54) is 0 Å². The molecule has 0 bridgehead atoms. The summed E-state index contributed by atoms with van der Waals surface area (Å²) in [7, 11) is 3.36. The molecule has 1 aliphatic rings. The molecule has 25 heavy (non-hydrogen) atoms. The number of benzene rings is 1. The van der Waals surface area contributed by atoms with Crippen LogP contribution in [0.4, 0.5) is 0 Å². The summed E-state index contributed by atoms with van der Waals surface area (Å²) in [6.45, 7) is 2.35. The number of nitrogens with zero attached hydrogens (tertiary/aromatic N) is 3. The van der Waals surface area contributed by atoms with Crippen molar-refractivity contribution >= 4 is 17.5 Å². The first kappa shape index (κ1) is 17.8. The summed E-state index contributed by atoms with van der Waals surface area (Å²) in [5.74, 6) is 0.590. The monoisotopic (exact) mass is 362 g/mol. The summed E-state index contributed by atoms with van der Waals surface area (Å²) in [5.41, 5.74) is 1.32. The van der Waals surface area contributed by atoms with Crippen LogP contribution in [0.25, 0.3) is 0 Å². The lowest BCUT2D eigenvalue weighted by Gasteiger charge is -2.23. The first-order chi connectivity index (χ1) is 12.1. The molecule has 3 rings (SSSR count). The molecule has 6 nitrogen and oxygen atoms in total. The van der Waals surface area contributed by atoms with Crippen LogP contribution in [0.3, 0.4) is 0 Å². The Kier molecular flexibility index (Phi) is 5.60. The molecule has 7 heteroatoms. The Balaban J connectivity index is 1.70. The molecule has 0 spiro atoms. The highest BCUT2D eigenvalue weighted by atomic mass is 35.5. The lowest BCUT2D eigenvalue weighted by molar-refractivity contribution is 0.0777. The Morgan fingerprint density at radius 1 is 1.48 bits per heavy atom. The third kappa shape index (κ3) is 4.14. The van der Waals surface area contributed by atoms with E-state index < -0.39 is 0 Å². The Morgan fingerprint density at radius 3 is 3.04 bits per heavy atom. The van der Waals surface area contributed by atoms with Gasteiger partial charge in [0.15, 0.2) is 0 Å². The lowest BCUT2D eigenvalue weighted by Crippen LogP contribution is -2.32. The zero-order valence-electron chi connectivity index (χ0n) is 14.5. The summed E-state index contributed by atoms with van der Waals surface area (Å²) in [6.07, 6.45) is 4.10. The van der Waals surface area contributed by atoms with Gasteiger partial charge in [0.2, 0.25) is 0 Å². The van der Waals surface area contributed by atoms with Crippen LogP contribution in [0.15, 0.2) is 30.5 Å². The lowest BCUT2D eigenvalue weighted by atomic mass is 10.1. The second-order valence-electron chi connectivity index (χ2n) is 6.30. The molecule has 1 aromatic heterocycles. The van der Waals surface area contributed by atoms with Crippen molar-refractivity contribution < 1.29 is 9.53 Å². The van der Waals surface area contributed by atoms with Crippen LogP contribution in [0.5, 0.6) is 5.75 Å². The maximum absolute atomic E-state index is 12.7. The molecule has 0 radical (unpaired) electrons. The minimum Gasteiger partial charge on any atom is -0.496 e. The number of methoxy groups -OCH3 is 1. The van der Waals surface area contributed by atoms with Crippen LogP contribution >= 0.6 is 11.6 Å². The first-order valence-corrected chi connectivity index (χ1v) is 8.80. The van der Waals surface area contributed by atoms with Gasteiger partial charge in [-0.15, -0.1) is 0 Å². The number of amides is 1. The highest BCUT2D eigenvalue weighted by molar-refractivity contribution is 6.30. The number of rotatable bonds is 5. The molecule has 1 aromatic carbocycles. The van der Waals surface area contributed by atoms with Crippen molar-refractivity contribution in [1.82, 2.24) is 20.0 Å². The summed E-state index contributed by atoms with van der Waals surface area (Å²) in [6, 6.07) is 7.49. The van der Waals surface area contributed by atoms with Gasteiger partial charge in [-0.05, 0) is 43.7 Å². The van der Waals surface area contributed by atoms with Gasteiger partial charge in [0, 0.05) is 36.9 Å². The highest BCUT2D eigenvalue weighted by Gasteiger charge is 2.20. The molecule has 1 atom stereocenters. The molecule has 1 saturated heterocycles. The normalized spacial score (nSPS) is 17.3. The molecule has 1 aliphatic heterocycles. The van der Waals surface area contributed by atoms with Gasteiger partial charge in [0.25, 0.3) is 5.91 Å². The highest BCUT2D eigenvalue weighted by Crippen LogP contribution is 2.24. The molecule has 134 valence electrons. The Bertz CT molecular complexity index is 740. The average molecular weight is 363 g/mol. The number of hydrogen-bond donors (Lipinski definition) is 1. The molecule has 1 unspecified atom stereocenters. The summed E-state index contributed by atoms with van der Waals surface area (Å²) in [4.78, 5) is 14.3. The van der Waals surface area contributed by atoms with Crippen molar-refractivity contribution in [2.24, 2.45) is 0 Å². The van der Waals surface area contributed by atoms with Crippen LogP contribution in [-0.4, -0.2) is 47.8 Å². The molecule has 2 heterocycles. The van der Waals surface area contributed by atoms with E-state index in [9.17, 15) is 4.79 Å². The number of hydrogen-bond acceptors (Lipinski definition) is 4. The topological polar surface area (TPSA) is 59.4 Å². The van der Waals surface area contributed by atoms with E-state index in [4.69, 9.17) is 16.3 Å². The molecular formula is C18H23ClN4O2. The largest absolute Gasteiger partial charge is 0.496 e. The molecule has 1 fully saturated rings. The second kappa shape index (κ2) is 7.89. The molecular weight excluding hydrogens is 340 g/mol. The van der Waals surface area contributed by atoms with E-state index >= 15 is 0 Å². The van der Waals surface area contributed by atoms with Gasteiger partial charge < -0.3 is 15.0 Å². The third-order valence-corrected chi connectivity index (χ3v) is 4.70. The number of carbonyl (C=O) groups is 1. The van der Waals surface area contributed by atoms with Crippen molar-refractivity contribution in [1.29, 1.82) is 0 Å². The average Bonchev–Trinajstić information content (AvgIpc) is 3.12. The molecule has 1 N–H and O–H groups in total. The standard InChI is InChI=1S/C18H23ClN4O2/c1-22(12-13-10-14(19)5-6-17(13)25-2)18(24)16-7-9-23(21-16)15-4-3-8-20-11-15/h5-7,9-10,15,20H,3-4,8,11-12H2,1-2H3. The fraction of sp³-hybridized carbons (Fsp3) is 0.444. The Morgan fingerprint density at radius 2 is 2.32 bits per heavy atom. The summed E-state index contributed by atoms with van der Waals surface area (Å²) < 4.78 is 7.24. The van der Waals surface area contributed by atoms with Crippen LogP contribution in [-0.2, 0) is 6.54 Å². The number of nitrogens with one attached hydrogen (secondary N) is 1. The summed E-state index contributed by atoms with van der Waals surface area (Å²) in [5, 5.41) is 8.46. The van der Waals surface area contributed by atoms with E-state index in [-0.39, 0.29) is 5.91 Å². The zero-order chi connectivity index (χ0) is 17.8.